The molecule has 1 aromatic heterocycles. The normalized spacial score (nSPS) is 13.3. The summed E-state index contributed by atoms with van der Waals surface area (Å²) in [5.74, 6) is 0. The summed E-state index contributed by atoms with van der Waals surface area (Å²) >= 11 is 0. The van der Waals surface area contributed by atoms with Gasteiger partial charge in [-0.15, -0.1) is 0 Å². The molecule has 5 heteroatoms. The van der Waals surface area contributed by atoms with E-state index in [-0.39, 0.29) is 0 Å². The van der Waals surface area contributed by atoms with Gasteiger partial charge in [0.1, 0.15) is 11.9 Å². The van der Waals surface area contributed by atoms with Crippen LogP contribution in [0.5, 0.6) is 0 Å². The number of rotatable bonds is 3. The molecule has 0 atom stereocenters. The SMILES string of the molecule is CC(C)(C=NO)[N+]([O-])=Cc1ccccn1. The van der Waals surface area contributed by atoms with E-state index in [2.05, 4.69) is 10.1 Å². The second-order valence-corrected chi connectivity index (χ2v) is 3.61. The van der Waals surface area contributed by atoms with Crippen LogP contribution in [0, 0.1) is 5.21 Å². The van der Waals surface area contributed by atoms with E-state index < -0.39 is 5.54 Å². The monoisotopic (exact) mass is 207 g/mol. The molecule has 0 spiro atoms. The van der Waals surface area contributed by atoms with Crippen molar-refractivity contribution in [2.24, 2.45) is 5.16 Å². The summed E-state index contributed by atoms with van der Waals surface area (Å²) in [5, 5.41) is 22.9. The van der Waals surface area contributed by atoms with Gasteiger partial charge in [0.2, 0.25) is 11.8 Å². The number of aromatic nitrogens is 1. The number of hydroxylamine groups is 1. The highest BCUT2D eigenvalue weighted by Gasteiger charge is 2.24. The summed E-state index contributed by atoms with van der Waals surface area (Å²) < 4.78 is 0.690. The molecule has 15 heavy (non-hydrogen) atoms. The third-order valence-corrected chi connectivity index (χ3v) is 1.88. The minimum absolute atomic E-state index is 0.562. The summed E-state index contributed by atoms with van der Waals surface area (Å²) in [4.78, 5) is 3.99. The van der Waals surface area contributed by atoms with Gasteiger partial charge in [0.15, 0.2) is 0 Å². The maximum Gasteiger partial charge on any atom is 0.205 e. The summed E-state index contributed by atoms with van der Waals surface area (Å²) in [5.41, 5.74) is -0.335. The van der Waals surface area contributed by atoms with Gasteiger partial charge < -0.3 is 10.4 Å². The predicted molar refractivity (Wildman–Crippen MR) is 57.4 cm³/mol. The fraction of sp³-hybridized carbons (Fsp3) is 0.300. The maximum atomic E-state index is 11.6. The standard InChI is InChI=1S/C10H13N3O2/c1-10(2,8-12-14)13(15)7-9-5-3-4-6-11-9/h3-8,14H,1-2H3. The van der Waals surface area contributed by atoms with Crippen LogP contribution in [0.3, 0.4) is 0 Å². The van der Waals surface area contributed by atoms with Crippen molar-refractivity contribution < 1.29 is 9.95 Å². The molecule has 0 saturated carbocycles. The molecular weight excluding hydrogens is 194 g/mol. The lowest BCUT2D eigenvalue weighted by Gasteiger charge is -2.18. The highest BCUT2D eigenvalue weighted by Crippen LogP contribution is 2.04. The average molecular weight is 207 g/mol. The molecule has 0 bridgehead atoms. The van der Waals surface area contributed by atoms with Crippen LogP contribution in [0.4, 0.5) is 0 Å². The minimum atomic E-state index is -0.897. The Kier molecular flexibility index (Phi) is 3.38. The van der Waals surface area contributed by atoms with Gasteiger partial charge in [0, 0.05) is 20.0 Å². The lowest BCUT2D eigenvalue weighted by atomic mass is 10.1. The molecule has 1 N–H and O–H groups in total. The van der Waals surface area contributed by atoms with Crippen molar-refractivity contribution in [3.63, 3.8) is 0 Å². The first-order valence-electron chi connectivity index (χ1n) is 4.47. The smallest absolute Gasteiger partial charge is 0.205 e. The molecule has 0 aromatic carbocycles. The van der Waals surface area contributed by atoms with Crippen molar-refractivity contribution in [2.75, 3.05) is 0 Å². The topological polar surface area (TPSA) is 71.5 Å². The van der Waals surface area contributed by atoms with E-state index in [0.29, 0.717) is 10.4 Å². The van der Waals surface area contributed by atoms with Crippen molar-refractivity contribution in [3.05, 3.63) is 35.3 Å². The zero-order valence-electron chi connectivity index (χ0n) is 8.66. The highest BCUT2D eigenvalue weighted by molar-refractivity contribution is 5.74. The van der Waals surface area contributed by atoms with E-state index in [1.807, 2.05) is 0 Å². The molecule has 5 nitrogen and oxygen atoms in total. The summed E-state index contributed by atoms with van der Waals surface area (Å²) in [6.07, 6.45) is 4.12. The molecule has 0 unspecified atom stereocenters. The quantitative estimate of drug-likeness (QED) is 0.266. The predicted octanol–water partition coefficient (Wildman–Crippen LogP) is 1.25. The van der Waals surface area contributed by atoms with Crippen LogP contribution in [0.2, 0.25) is 0 Å². The van der Waals surface area contributed by atoms with Gasteiger partial charge >= 0.3 is 0 Å². The van der Waals surface area contributed by atoms with Crippen molar-refractivity contribution in [1.29, 1.82) is 0 Å². The molecular formula is C10H13N3O2. The van der Waals surface area contributed by atoms with Gasteiger partial charge in [0.25, 0.3) is 0 Å². The molecule has 0 amide bonds. The fourth-order valence-electron chi connectivity index (χ4n) is 0.937. The Labute approximate surface area is 88.0 Å². The van der Waals surface area contributed by atoms with Crippen LogP contribution in [-0.2, 0) is 0 Å². The van der Waals surface area contributed by atoms with Gasteiger partial charge in [0.05, 0.1) is 0 Å². The van der Waals surface area contributed by atoms with E-state index >= 15 is 0 Å². The Morgan fingerprint density at radius 1 is 1.53 bits per heavy atom. The second kappa shape index (κ2) is 4.54. The Morgan fingerprint density at radius 3 is 2.80 bits per heavy atom. The largest absolute Gasteiger partial charge is 0.623 e. The first-order valence-corrected chi connectivity index (χ1v) is 4.47. The van der Waals surface area contributed by atoms with Crippen LogP contribution in [0.25, 0.3) is 0 Å². The van der Waals surface area contributed by atoms with E-state index in [4.69, 9.17) is 5.21 Å². The third kappa shape index (κ3) is 3.05. The van der Waals surface area contributed by atoms with Crippen LogP contribution < -0.4 is 0 Å². The van der Waals surface area contributed by atoms with E-state index in [1.165, 1.54) is 12.4 Å². The number of hydrogen-bond donors (Lipinski definition) is 1. The van der Waals surface area contributed by atoms with Crippen LogP contribution in [0.1, 0.15) is 19.5 Å². The lowest BCUT2D eigenvalue weighted by molar-refractivity contribution is -0.511. The molecule has 0 aliphatic carbocycles. The molecule has 1 rings (SSSR count). The Balaban J connectivity index is 2.94. The maximum absolute atomic E-state index is 11.6. The van der Waals surface area contributed by atoms with Crippen LogP contribution in [-0.4, -0.2) is 32.9 Å². The highest BCUT2D eigenvalue weighted by atomic mass is 16.5. The van der Waals surface area contributed by atoms with Gasteiger partial charge in [-0.3, -0.25) is 4.98 Å². The summed E-state index contributed by atoms with van der Waals surface area (Å²) in [6.45, 7) is 3.28. The average Bonchev–Trinajstić information content (AvgIpc) is 2.19. The zero-order valence-corrected chi connectivity index (χ0v) is 8.66. The third-order valence-electron chi connectivity index (χ3n) is 1.88. The molecule has 1 heterocycles. The summed E-state index contributed by atoms with van der Waals surface area (Å²) in [6, 6.07) is 5.28. The Morgan fingerprint density at radius 2 is 2.27 bits per heavy atom. The van der Waals surface area contributed by atoms with Crippen molar-refractivity contribution in [1.82, 2.24) is 4.98 Å². The Hall–Kier alpha value is -1.91. The number of nitrogens with zero attached hydrogens (tertiary/aromatic N) is 3. The second-order valence-electron chi connectivity index (χ2n) is 3.61. The molecule has 0 aliphatic rings. The minimum Gasteiger partial charge on any atom is -0.623 e. The van der Waals surface area contributed by atoms with Gasteiger partial charge in [-0.2, -0.15) is 4.74 Å². The van der Waals surface area contributed by atoms with Crippen molar-refractivity contribution >= 4 is 12.4 Å². The fourth-order valence-corrected chi connectivity index (χ4v) is 0.937. The van der Waals surface area contributed by atoms with Crippen molar-refractivity contribution in [2.45, 2.75) is 19.4 Å². The molecule has 80 valence electrons. The number of pyridine rings is 1. The van der Waals surface area contributed by atoms with Crippen LogP contribution >= 0.6 is 0 Å². The van der Waals surface area contributed by atoms with E-state index in [0.717, 1.165) is 0 Å². The van der Waals surface area contributed by atoms with Gasteiger partial charge in [-0.1, -0.05) is 11.2 Å². The van der Waals surface area contributed by atoms with Gasteiger partial charge in [-0.25, -0.2) is 0 Å². The number of oxime groups is 1. The Bertz CT molecular complexity index is 372. The first kappa shape index (κ1) is 11.2. The molecule has 0 fully saturated rings. The molecule has 1 aromatic rings. The molecule has 0 radical (unpaired) electrons. The van der Waals surface area contributed by atoms with Gasteiger partial charge in [-0.05, 0) is 12.1 Å². The molecule has 0 saturated heterocycles. The molecule has 0 aliphatic heterocycles. The van der Waals surface area contributed by atoms with Crippen LogP contribution in [0.15, 0.2) is 29.6 Å². The lowest BCUT2D eigenvalue weighted by Crippen LogP contribution is -2.35. The zero-order chi connectivity index (χ0) is 11.3. The van der Waals surface area contributed by atoms with Crippen molar-refractivity contribution in [3.8, 4) is 0 Å². The number of hydrogen-bond acceptors (Lipinski definition) is 4. The first-order chi connectivity index (χ1) is 7.06. The van der Waals surface area contributed by atoms with E-state index in [1.54, 1.807) is 38.2 Å². The van der Waals surface area contributed by atoms with E-state index in [9.17, 15) is 5.21 Å². The summed E-state index contributed by atoms with van der Waals surface area (Å²) in [7, 11) is 0.